The highest BCUT2D eigenvalue weighted by molar-refractivity contribution is 6.21. The lowest BCUT2D eigenvalue weighted by atomic mass is 9.86. The number of rotatable bonds is 5. The van der Waals surface area contributed by atoms with Gasteiger partial charge in [0.05, 0.1) is 16.7 Å². The monoisotopic (exact) mass is 598 g/mol. The topological polar surface area (TPSA) is 17.8 Å². The Morgan fingerprint density at radius 3 is 1.32 bits per heavy atom. The lowest BCUT2D eigenvalue weighted by Crippen LogP contribution is -1.94. The normalized spacial score (nSPS) is 11.7. The number of pyridine rings is 1. The minimum Gasteiger partial charge on any atom is -0.309 e. The van der Waals surface area contributed by atoms with Gasteiger partial charge in [0.25, 0.3) is 0 Å². The molecule has 220 valence electrons. The maximum Gasteiger partial charge on any atom is 0.0629 e. The molecule has 2 aromatic heterocycles. The van der Waals surface area contributed by atoms with E-state index in [4.69, 9.17) is 0 Å². The molecule has 0 radical (unpaired) electrons. The van der Waals surface area contributed by atoms with E-state index in [2.05, 4.69) is 167 Å². The van der Waals surface area contributed by atoms with Crippen molar-refractivity contribution in [2.24, 2.45) is 0 Å². The lowest BCUT2D eigenvalue weighted by molar-refractivity contribution is 1.18. The van der Waals surface area contributed by atoms with E-state index in [9.17, 15) is 0 Å². The van der Waals surface area contributed by atoms with Crippen molar-refractivity contribution >= 4 is 55.5 Å². The first-order valence-electron chi connectivity index (χ1n) is 16.1. The van der Waals surface area contributed by atoms with Crippen LogP contribution in [0.5, 0.6) is 0 Å². The average molecular weight is 599 g/mol. The summed E-state index contributed by atoms with van der Waals surface area (Å²) in [6.07, 6.45) is 6.00. The smallest absolute Gasteiger partial charge is 0.0629 e. The van der Waals surface area contributed by atoms with Crippen LogP contribution in [0.4, 0.5) is 0 Å². The maximum atomic E-state index is 4.41. The second-order valence-corrected chi connectivity index (χ2v) is 12.0. The first-order valence-corrected chi connectivity index (χ1v) is 16.1. The van der Waals surface area contributed by atoms with Gasteiger partial charge in [-0.1, -0.05) is 133 Å². The molecule has 2 heterocycles. The number of aromatic nitrogens is 2. The van der Waals surface area contributed by atoms with Gasteiger partial charge in [-0.15, -0.1) is 0 Å². The third-order valence-corrected chi connectivity index (χ3v) is 9.26. The van der Waals surface area contributed by atoms with E-state index >= 15 is 0 Å². The molecular weight excluding hydrogens is 569 g/mol. The van der Waals surface area contributed by atoms with E-state index in [1.807, 2.05) is 24.4 Å². The Morgan fingerprint density at radius 1 is 0.383 bits per heavy atom. The Kier molecular flexibility index (Phi) is 6.50. The van der Waals surface area contributed by atoms with Gasteiger partial charge in [0.15, 0.2) is 0 Å². The maximum absolute atomic E-state index is 4.41. The van der Waals surface area contributed by atoms with Crippen molar-refractivity contribution in [2.75, 3.05) is 0 Å². The van der Waals surface area contributed by atoms with Gasteiger partial charge >= 0.3 is 0 Å². The highest BCUT2D eigenvalue weighted by atomic mass is 15.0. The molecule has 0 aliphatic carbocycles. The Hall–Kier alpha value is -6.25. The second kappa shape index (κ2) is 11.3. The molecule has 0 spiro atoms. The summed E-state index contributed by atoms with van der Waals surface area (Å²) in [7, 11) is 0. The third-order valence-electron chi connectivity index (χ3n) is 9.26. The van der Waals surface area contributed by atoms with E-state index < -0.39 is 0 Å². The number of benzene rings is 7. The van der Waals surface area contributed by atoms with E-state index in [1.165, 1.54) is 65.6 Å². The SMILES string of the molecule is C(=C\c1ccccn1)/c1ccc(-c2c3ccccc3c(-c3ccc(-n4c5ccccc5c5ccccc54)cc3)c3ccccc23)cc1. The molecular formula is C45H30N2. The van der Waals surface area contributed by atoms with Gasteiger partial charge in [0.2, 0.25) is 0 Å². The second-order valence-electron chi connectivity index (χ2n) is 12.0. The Bertz CT molecular complexity index is 2480. The fourth-order valence-electron chi connectivity index (χ4n) is 7.15. The van der Waals surface area contributed by atoms with E-state index in [0.29, 0.717) is 0 Å². The van der Waals surface area contributed by atoms with Crippen molar-refractivity contribution in [2.45, 2.75) is 0 Å². The van der Waals surface area contributed by atoms with Crippen LogP contribution in [-0.2, 0) is 0 Å². The van der Waals surface area contributed by atoms with Crippen molar-refractivity contribution in [3.05, 3.63) is 181 Å². The molecule has 0 atom stereocenters. The first-order chi connectivity index (χ1) is 23.3. The van der Waals surface area contributed by atoms with Gasteiger partial charge in [-0.05, 0) is 91.8 Å². The third kappa shape index (κ3) is 4.62. The van der Waals surface area contributed by atoms with Crippen LogP contribution < -0.4 is 0 Å². The number of hydrogen-bond acceptors (Lipinski definition) is 1. The highest BCUT2D eigenvalue weighted by Gasteiger charge is 2.17. The lowest BCUT2D eigenvalue weighted by Gasteiger charge is -2.18. The van der Waals surface area contributed by atoms with Crippen LogP contribution in [0.25, 0.3) is 83.4 Å². The fourth-order valence-corrected chi connectivity index (χ4v) is 7.15. The molecule has 0 unspecified atom stereocenters. The van der Waals surface area contributed by atoms with Crippen LogP contribution in [0, 0.1) is 0 Å². The van der Waals surface area contributed by atoms with Crippen LogP contribution in [0.1, 0.15) is 11.3 Å². The van der Waals surface area contributed by atoms with Crippen molar-refractivity contribution in [1.29, 1.82) is 0 Å². The Balaban J connectivity index is 1.18. The molecule has 0 bridgehead atoms. The Morgan fingerprint density at radius 2 is 0.830 bits per heavy atom. The quantitative estimate of drug-likeness (QED) is 0.180. The fraction of sp³-hybridized carbons (Fsp3) is 0. The molecule has 0 fully saturated rings. The molecule has 9 rings (SSSR count). The van der Waals surface area contributed by atoms with Crippen LogP contribution in [0.15, 0.2) is 170 Å². The van der Waals surface area contributed by atoms with Gasteiger partial charge in [0, 0.05) is 22.7 Å². The summed E-state index contributed by atoms with van der Waals surface area (Å²) in [6, 6.07) is 59.0. The van der Waals surface area contributed by atoms with Crippen LogP contribution in [0.3, 0.4) is 0 Å². The van der Waals surface area contributed by atoms with Crippen LogP contribution in [-0.4, -0.2) is 9.55 Å². The zero-order chi connectivity index (χ0) is 31.2. The molecule has 7 aromatic carbocycles. The summed E-state index contributed by atoms with van der Waals surface area (Å²) in [5.41, 5.74) is 10.7. The van der Waals surface area contributed by atoms with Crippen LogP contribution in [0.2, 0.25) is 0 Å². The summed E-state index contributed by atoms with van der Waals surface area (Å²) in [4.78, 5) is 4.41. The van der Waals surface area contributed by atoms with E-state index in [-0.39, 0.29) is 0 Å². The average Bonchev–Trinajstić information content (AvgIpc) is 3.48. The molecule has 0 N–H and O–H groups in total. The first kappa shape index (κ1) is 27.1. The predicted molar refractivity (Wildman–Crippen MR) is 200 cm³/mol. The molecule has 2 heteroatoms. The van der Waals surface area contributed by atoms with E-state index in [0.717, 1.165) is 16.9 Å². The molecule has 9 aromatic rings. The number of hydrogen-bond donors (Lipinski definition) is 0. The minimum atomic E-state index is 0.951. The largest absolute Gasteiger partial charge is 0.309 e. The zero-order valence-electron chi connectivity index (χ0n) is 25.7. The molecule has 0 aliphatic heterocycles. The van der Waals surface area contributed by atoms with Crippen molar-refractivity contribution in [1.82, 2.24) is 9.55 Å². The summed E-state index contributed by atoms with van der Waals surface area (Å²) in [5.74, 6) is 0. The molecule has 0 saturated heterocycles. The van der Waals surface area contributed by atoms with Crippen molar-refractivity contribution in [3.8, 4) is 27.9 Å². The zero-order valence-corrected chi connectivity index (χ0v) is 25.7. The molecule has 2 nitrogen and oxygen atoms in total. The van der Waals surface area contributed by atoms with E-state index in [1.54, 1.807) is 0 Å². The standard InChI is InChI=1S/C45H30N2/c1-3-16-40-38(14-1)44(32-23-20-31(21-24-32)22-27-34-11-9-10-30-46-34)39-15-2-4-17-41(39)45(40)33-25-28-35(29-26-33)47-42-18-7-5-12-36(42)37-13-6-8-19-43(37)47/h1-30H/b27-22+. The Labute approximate surface area is 273 Å². The van der Waals surface area contributed by atoms with Crippen LogP contribution >= 0.6 is 0 Å². The summed E-state index contributed by atoms with van der Waals surface area (Å²) in [5, 5.41) is 7.57. The molecule has 0 aliphatic rings. The predicted octanol–water partition coefficient (Wildman–Crippen LogP) is 12.0. The van der Waals surface area contributed by atoms with Crippen molar-refractivity contribution < 1.29 is 0 Å². The summed E-state index contributed by atoms with van der Waals surface area (Å²) in [6.45, 7) is 0. The van der Waals surface area contributed by atoms with Gasteiger partial charge in [-0.2, -0.15) is 0 Å². The van der Waals surface area contributed by atoms with Gasteiger partial charge in [0.1, 0.15) is 0 Å². The van der Waals surface area contributed by atoms with Gasteiger partial charge in [-0.25, -0.2) is 0 Å². The number of nitrogens with zero attached hydrogens (tertiary/aromatic N) is 2. The number of fused-ring (bicyclic) bond motifs is 5. The van der Waals surface area contributed by atoms with Gasteiger partial charge in [-0.3, -0.25) is 4.98 Å². The summed E-state index contributed by atoms with van der Waals surface area (Å²) >= 11 is 0. The molecule has 0 amide bonds. The van der Waals surface area contributed by atoms with Gasteiger partial charge < -0.3 is 4.57 Å². The number of para-hydroxylation sites is 2. The highest BCUT2D eigenvalue weighted by Crippen LogP contribution is 2.44. The summed E-state index contributed by atoms with van der Waals surface area (Å²) < 4.78 is 2.38. The molecule has 0 saturated carbocycles. The van der Waals surface area contributed by atoms with Crippen molar-refractivity contribution in [3.63, 3.8) is 0 Å². The minimum absolute atomic E-state index is 0.951. The molecule has 47 heavy (non-hydrogen) atoms.